The van der Waals surface area contributed by atoms with E-state index < -0.39 is 6.10 Å². The van der Waals surface area contributed by atoms with Crippen molar-refractivity contribution in [2.75, 3.05) is 19.0 Å². The largest absolute Gasteiger partial charge is 0.481 e. The number of hydrogen-bond donors (Lipinski definition) is 2. The Morgan fingerprint density at radius 2 is 2.29 bits per heavy atom. The van der Waals surface area contributed by atoms with Crippen LogP contribution in [0, 0.1) is 0 Å². The van der Waals surface area contributed by atoms with Gasteiger partial charge in [-0.2, -0.15) is 9.61 Å². The molecule has 3 aromatic heterocycles. The molecule has 24 heavy (non-hydrogen) atoms. The molecule has 4 rings (SSSR count). The summed E-state index contributed by atoms with van der Waals surface area (Å²) in [5.41, 5.74) is 3.03. The molecule has 8 nitrogen and oxygen atoms in total. The van der Waals surface area contributed by atoms with Gasteiger partial charge in [-0.25, -0.2) is 4.98 Å². The lowest BCUT2D eigenvalue weighted by atomic mass is 10.2. The minimum atomic E-state index is -0.763. The highest BCUT2D eigenvalue weighted by Crippen LogP contribution is 2.39. The van der Waals surface area contributed by atoms with E-state index in [1.807, 2.05) is 6.07 Å². The minimum Gasteiger partial charge on any atom is -0.481 e. The smallest absolute Gasteiger partial charge is 0.213 e. The summed E-state index contributed by atoms with van der Waals surface area (Å²) in [5, 5.41) is 26.1. The highest BCUT2D eigenvalue weighted by Gasteiger charge is 2.26. The van der Waals surface area contributed by atoms with Crippen molar-refractivity contribution in [2.45, 2.75) is 24.9 Å². The summed E-state index contributed by atoms with van der Waals surface area (Å²) in [5.74, 6) is 0.994. The molecule has 0 spiro atoms. The predicted octanol–water partition coefficient (Wildman–Crippen LogP) is 1.55. The van der Waals surface area contributed by atoms with Crippen LogP contribution >= 0.6 is 0 Å². The third-order valence-corrected chi connectivity index (χ3v) is 4.06. The maximum atomic E-state index is 10.4. The molecular weight excluding hydrogens is 308 g/mol. The zero-order valence-corrected chi connectivity index (χ0v) is 13.3. The maximum Gasteiger partial charge on any atom is 0.213 e. The minimum absolute atomic E-state index is 0.302. The molecular formula is C16H18N6O2. The average molecular weight is 326 g/mol. The van der Waals surface area contributed by atoms with E-state index in [4.69, 9.17) is 4.74 Å². The average Bonchev–Trinajstić information content (AvgIpc) is 3.37. The molecule has 0 aliphatic heterocycles. The Kier molecular flexibility index (Phi) is 3.73. The van der Waals surface area contributed by atoms with E-state index in [0.717, 1.165) is 24.2 Å². The Labute approximate surface area is 138 Å². The van der Waals surface area contributed by atoms with Gasteiger partial charge in [0.15, 0.2) is 0 Å². The number of aromatic nitrogens is 5. The first-order valence-electron chi connectivity index (χ1n) is 7.88. The maximum absolute atomic E-state index is 10.4. The van der Waals surface area contributed by atoms with E-state index in [1.54, 1.807) is 36.2 Å². The fraction of sp³-hybridized carbons (Fsp3) is 0.375. The van der Waals surface area contributed by atoms with Crippen molar-refractivity contribution in [3.8, 4) is 5.88 Å². The Bertz CT molecular complexity index is 861. The summed E-state index contributed by atoms with van der Waals surface area (Å²) in [4.78, 5) is 4.25. The first-order valence-corrected chi connectivity index (χ1v) is 7.88. The molecule has 3 heterocycles. The van der Waals surface area contributed by atoms with Crippen molar-refractivity contribution in [3.05, 3.63) is 42.0 Å². The number of rotatable bonds is 6. The van der Waals surface area contributed by atoms with Crippen LogP contribution in [0.2, 0.25) is 0 Å². The fourth-order valence-corrected chi connectivity index (χ4v) is 2.60. The van der Waals surface area contributed by atoms with Crippen molar-refractivity contribution in [2.24, 2.45) is 0 Å². The summed E-state index contributed by atoms with van der Waals surface area (Å²) in [6, 6.07) is 7.31. The molecule has 0 amide bonds. The van der Waals surface area contributed by atoms with Gasteiger partial charge < -0.3 is 15.2 Å². The normalized spacial score (nSPS) is 15.4. The molecule has 0 radical (unpaired) electrons. The van der Waals surface area contributed by atoms with Gasteiger partial charge in [-0.05, 0) is 25.0 Å². The van der Waals surface area contributed by atoms with Crippen LogP contribution < -0.4 is 10.1 Å². The van der Waals surface area contributed by atoms with Crippen LogP contribution in [0.3, 0.4) is 0 Å². The van der Waals surface area contributed by atoms with Crippen LogP contribution in [-0.4, -0.2) is 43.6 Å². The molecule has 1 atom stereocenters. The topological polar surface area (TPSA) is 97.5 Å². The van der Waals surface area contributed by atoms with Gasteiger partial charge in [-0.3, -0.25) is 0 Å². The van der Waals surface area contributed by atoms with Crippen molar-refractivity contribution in [3.63, 3.8) is 0 Å². The number of aliphatic hydroxyl groups is 1. The van der Waals surface area contributed by atoms with Crippen molar-refractivity contribution < 1.29 is 9.84 Å². The third kappa shape index (κ3) is 2.88. The first kappa shape index (κ1) is 14.8. The second-order valence-corrected chi connectivity index (χ2v) is 5.86. The van der Waals surface area contributed by atoms with Crippen LogP contribution in [0.15, 0.2) is 30.6 Å². The van der Waals surface area contributed by atoms with Crippen LogP contribution in [0.4, 0.5) is 5.69 Å². The molecule has 124 valence electrons. The molecule has 1 aliphatic rings. The van der Waals surface area contributed by atoms with Crippen molar-refractivity contribution in [1.29, 1.82) is 0 Å². The number of anilines is 1. The summed E-state index contributed by atoms with van der Waals surface area (Å²) in [6.45, 7) is 0.302. The van der Waals surface area contributed by atoms with Crippen molar-refractivity contribution >= 4 is 11.3 Å². The number of pyridine rings is 1. The van der Waals surface area contributed by atoms with Gasteiger partial charge in [0, 0.05) is 18.5 Å². The first-order chi connectivity index (χ1) is 11.7. The number of aliphatic hydroxyl groups excluding tert-OH is 1. The standard InChI is InChI=1S/C16H18N6O2/c1-24-15-4-2-3-11(19-15)14(23)8-17-13-7-12(10-5-6-10)21-22-9-18-20-16(13)22/h2-4,7,9-10,14,17,23H,5-6,8H2,1H3. The molecule has 0 bridgehead atoms. The van der Waals surface area contributed by atoms with Crippen LogP contribution in [0.1, 0.15) is 36.3 Å². The summed E-state index contributed by atoms with van der Waals surface area (Å²) in [6.07, 6.45) is 3.15. The Morgan fingerprint density at radius 1 is 1.42 bits per heavy atom. The second kappa shape index (κ2) is 6.04. The lowest BCUT2D eigenvalue weighted by Crippen LogP contribution is -2.15. The van der Waals surface area contributed by atoms with E-state index in [1.165, 1.54) is 0 Å². The molecule has 0 saturated heterocycles. The van der Waals surface area contributed by atoms with Gasteiger partial charge in [0.1, 0.15) is 12.4 Å². The molecule has 1 fully saturated rings. The predicted molar refractivity (Wildman–Crippen MR) is 87.0 cm³/mol. The molecule has 3 aromatic rings. The number of ether oxygens (including phenoxy) is 1. The second-order valence-electron chi connectivity index (χ2n) is 5.86. The zero-order chi connectivity index (χ0) is 16.5. The molecule has 1 aliphatic carbocycles. The van der Waals surface area contributed by atoms with E-state index in [0.29, 0.717) is 29.7 Å². The monoisotopic (exact) mass is 326 g/mol. The highest BCUT2D eigenvalue weighted by molar-refractivity contribution is 5.67. The lowest BCUT2D eigenvalue weighted by Gasteiger charge is -2.14. The Hall–Kier alpha value is -2.74. The number of hydrogen-bond acceptors (Lipinski definition) is 7. The lowest BCUT2D eigenvalue weighted by molar-refractivity contribution is 0.185. The van der Waals surface area contributed by atoms with Gasteiger partial charge in [-0.1, -0.05) is 6.07 Å². The fourth-order valence-electron chi connectivity index (χ4n) is 2.60. The number of nitrogens with zero attached hydrogens (tertiary/aromatic N) is 5. The van der Waals surface area contributed by atoms with Crippen molar-refractivity contribution in [1.82, 2.24) is 24.8 Å². The summed E-state index contributed by atoms with van der Waals surface area (Å²) < 4.78 is 6.76. The zero-order valence-electron chi connectivity index (χ0n) is 13.3. The van der Waals surface area contributed by atoms with E-state index >= 15 is 0 Å². The van der Waals surface area contributed by atoms with Gasteiger partial charge in [0.25, 0.3) is 0 Å². The van der Waals surface area contributed by atoms with Gasteiger partial charge in [0.2, 0.25) is 11.5 Å². The number of nitrogens with one attached hydrogen (secondary N) is 1. The van der Waals surface area contributed by atoms with E-state index in [-0.39, 0.29) is 0 Å². The molecule has 1 saturated carbocycles. The molecule has 0 aromatic carbocycles. The van der Waals surface area contributed by atoms with Crippen LogP contribution in [0.5, 0.6) is 5.88 Å². The number of fused-ring (bicyclic) bond motifs is 1. The van der Waals surface area contributed by atoms with Gasteiger partial charge in [0.05, 0.1) is 24.2 Å². The van der Waals surface area contributed by atoms with Crippen LogP contribution in [0.25, 0.3) is 5.65 Å². The van der Waals surface area contributed by atoms with E-state index in [9.17, 15) is 5.11 Å². The van der Waals surface area contributed by atoms with Gasteiger partial charge in [-0.15, -0.1) is 10.2 Å². The molecule has 2 N–H and O–H groups in total. The van der Waals surface area contributed by atoms with Crippen LogP contribution in [-0.2, 0) is 0 Å². The summed E-state index contributed by atoms with van der Waals surface area (Å²) >= 11 is 0. The Balaban J connectivity index is 1.54. The number of methoxy groups -OCH3 is 1. The van der Waals surface area contributed by atoms with E-state index in [2.05, 4.69) is 25.6 Å². The molecule has 8 heteroatoms. The Morgan fingerprint density at radius 3 is 3.08 bits per heavy atom. The summed E-state index contributed by atoms with van der Waals surface area (Å²) in [7, 11) is 1.55. The quantitative estimate of drug-likeness (QED) is 0.709. The molecule has 1 unspecified atom stereocenters. The van der Waals surface area contributed by atoms with Gasteiger partial charge >= 0.3 is 0 Å². The SMILES string of the molecule is COc1cccc(C(O)CNc2cc(C3CC3)nn3cnnc23)n1. The highest BCUT2D eigenvalue weighted by atomic mass is 16.5. The third-order valence-electron chi connectivity index (χ3n) is 4.06.